The summed E-state index contributed by atoms with van der Waals surface area (Å²) < 4.78 is 43.4. The molecule has 0 aliphatic rings. The Morgan fingerprint density at radius 3 is 2.14 bits per heavy atom. The first-order valence-electron chi connectivity index (χ1n) is 6.32. The summed E-state index contributed by atoms with van der Waals surface area (Å²) in [5.41, 5.74) is 2.79. The molecule has 0 saturated carbocycles. The molecular formula is C14H16F3N3O. The van der Waals surface area contributed by atoms with Crippen LogP contribution < -0.4 is 5.73 Å². The van der Waals surface area contributed by atoms with Crippen LogP contribution in [0.15, 0.2) is 34.9 Å². The fraction of sp³-hybridized carbons (Fsp3) is 0.429. The van der Waals surface area contributed by atoms with Gasteiger partial charge in [-0.25, -0.2) is 0 Å². The van der Waals surface area contributed by atoms with Gasteiger partial charge in [-0.1, -0.05) is 35.5 Å². The minimum Gasteiger partial charge on any atom is -0.337 e. The van der Waals surface area contributed by atoms with Gasteiger partial charge < -0.3 is 10.3 Å². The Labute approximate surface area is 120 Å². The van der Waals surface area contributed by atoms with E-state index in [0.29, 0.717) is 0 Å². The van der Waals surface area contributed by atoms with E-state index in [1.54, 1.807) is 13.8 Å². The summed E-state index contributed by atoms with van der Waals surface area (Å²) in [6.45, 7) is 4.41. The van der Waals surface area contributed by atoms with E-state index in [1.807, 2.05) is 30.3 Å². The quantitative estimate of drug-likeness (QED) is 0.945. The average molecular weight is 299 g/mol. The maximum absolute atomic E-state index is 12.9. The lowest BCUT2D eigenvalue weighted by atomic mass is 9.84. The van der Waals surface area contributed by atoms with Gasteiger partial charge in [0.15, 0.2) is 11.4 Å². The van der Waals surface area contributed by atoms with E-state index in [0.717, 1.165) is 12.5 Å². The second-order valence-corrected chi connectivity index (χ2v) is 5.61. The van der Waals surface area contributed by atoms with Crippen LogP contribution in [0.2, 0.25) is 0 Å². The van der Waals surface area contributed by atoms with Crippen molar-refractivity contribution in [3.8, 4) is 0 Å². The fourth-order valence-corrected chi connectivity index (χ4v) is 1.79. The Bertz CT molecular complexity index is 618. The van der Waals surface area contributed by atoms with E-state index < -0.39 is 23.0 Å². The molecule has 114 valence electrons. The van der Waals surface area contributed by atoms with Gasteiger partial charge in [0.1, 0.15) is 0 Å². The van der Waals surface area contributed by atoms with Gasteiger partial charge in [-0.05, 0) is 26.3 Å². The topological polar surface area (TPSA) is 64.9 Å². The normalized spacial score (nSPS) is 15.8. The van der Waals surface area contributed by atoms with Gasteiger partial charge in [-0.3, -0.25) is 0 Å². The number of alkyl halides is 3. The van der Waals surface area contributed by atoms with Crippen LogP contribution in [0.1, 0.15) is 38.0 Å². The molecule has 2 rings (SSSR count). The summed E-state index contributed by atoms with van der Waals surface area (Å²) in [7, 11) is 0. The molecule has 1 aromatic carbocycles. The standard InChI is InChI=1S/C14H16F3N3O/c1-12(2,9-7-5-4-6-8-9)10-19-11(21-20-10)13(3,18)14(15,16)17/h4-8H,18H2,1-3H3. The van der Waals surface area contributed by atoms with Gasteiger partial charge in [0.2, 0.25) is 0 Å². The lowest BCUT2D eigenvalue weighted by molar-refractivity contribution is -0.190. The molecule has 1 heterocycles. The molecule has 0 fully saturated rings. The van der Waals surface area contributed by atoms with Crippen LogP contribution in [0.5, 0.6) is 0 Å². The van der Waals surface area contributed by atoms with Crippen LogP contribution in [0.4, 0.5) is 13.2 Å². The van der Waals surface area contributed by atoms with E-state index in [9.17, 15) is 13.2 Å². The minimum absolute atomic E-state index is 0.157. The molecular weight excluding hydrogens is 283 g/mol. The number of aromatic nitrogens is 2. The molecule has 21 heavy (non-hydrogen) atoms. The van der Waals surface area contributed by atoms with Crippen molar-refractivity contribution in [2.75, 3.05) is 0 Å². The van der Waals surface area contributed by atoms with E-state index in [4.69, 9.17) is 10.3 Å². The second-order valence-electron chi connectivity index (χ2n) is 5.61. The molecule has 1 aromatic heterocycles. The molecule has 0 amide bonds. The number of nitrogens with zero attached hydrogens (tertiary/aromatic N) is 2. The molecule has 0 aliphatic heterocycles. The maximum atomic E-state index is 12.9. The lowest BCUT2D eigenvalue weighted by Crippen LogP contribution is -2.48. The third kappa shape index (κ3) is 2.65. The summed E-state index contributed by atoms with van der Waals surface area (Å²) in [6, 6.07) is 9.21. The predicted molar refractivity (Wildman–Crippen MR) is 70.5 cm³/mol. The number of hydrogen-bond acceptors (Lipinski definition) is 4. The SMILES string of the molecule is CC(C)(c1ccccc1)c1noc(C(C)(N)C(F)(F)F)n1. The van der Waals surface area contributed by atoms with E-state index >= 15 is 0 Å². The van der Waals surface area contributed by atoms with Crippen LogP contribution in [0, 0.1) is 0 Å². The van der Waals surface area contributed by atoms with E-state index in [2.05, 4.69) is 10.1 Å². The summed E-state index contributed by atoms with van der Waals surface area (Å²) in [5.74, 6) is -0.487. The highest BCUT2D eigenvalue weighted by Crippen LogP contribution is 2.37. The molecule has 4 nitrogen and oxygen atoms in total. The number of benzene rings is 1. The molecule has 1 unspecified atom stereocenters. The summed E-state index contributed by atoms with van der Waals surface area (Å²) in [5, 5.41) is 3.68. The number of hydrogen-bond donors (Lipinski definition) is 1. The third-order valence-corrected chi connectivity index (χ3v) is 3.51. The first kappa shape index (κ1) is 15.5. The lowest BCUT2D eigenvalue weighted by Gasteiger charge is -2.23. The largest absolute Gasteiger partial charge is 0.415 e. The third-order valence-electron chi connectivity index (χ3n) is 3.51. The molecule has 2 N–H and O–H groups in total. The van der Waals surface area contributed by atoms with Gasteiger partial charge in [0.05, 0.1) is 5.41 Å². The van der Waals surface area contributed by atoms with Crippen LogP contribution in [0.3, 0.4) is 0 Å². The fourth-order valence-electron chi connectivity index (χ4n) is 1.79. The van der Waals surface area contributed by atoms with Crippen molar-refractivity contribution in [2.24, 2.45) is 5.73 Å². The van der Waals surface area contributed by atoms with Gasteiger partial charge in [-0.15, -0.1) is 0 Å². The van der Waals surface area contributed by atoms with Crippen molar-refractivity contribution >= 4 is 0 Å². The van der Waals surface area contributed by atoms with Gasteiger partial charge in [0.25, 0.3) is 5.89 Å². The molecule has 0 radical (unpaired) electrons. The predicted octanol–water partition coefficient (Wildman–Crippen LogP) is 3.13. The highest BCUT2D eigenvalue weighted by Gasteiger charge is 2.54. The zero-order valence-corrected chi connectivity index (χ0v) is 11.9. The molecule has 0 saturated heterocycles. The second kappa shape index (κ2) is 4.84. The maximum Gasteiger partial charge on any atom is 0.415 e. The van der Waals surface area contributed by atoms with Gasteiger partial charge in [0, 0.05) is 0 Å². The minimum atomic E-state index is -4.67. The monoisotopic (exact) mass is 299 g/mol. The Hall–Kier alpha value is -1.89. The molecule has 1 atom stereocenters. The van der Waals surface area contributed by atoms with Gasteiger partial charge in [-0.2, -0.15) is 18.2 Å². The van der Waals surface area contributed by atoms with Crippen molar-refractivity contribution in [1.82, 2.24) is 10.1 Å². The molecule has 7 heteroatoms. The first-order valence-corrected chi connectivity index (χ1v) is 6.32. The zero-order valence-electron chi connectivity index (χ0n) is 11.9. The first-order chi connectivity index (χ1) is 9.57. The molecule has 0 aliphatic carbocycles. The number of halogens is 3. The summed E-state index contributed by atoms with van der Waals surface area (Å²) in [4.78, 5) is 3.87. The van der Waals surface area contributed by atoms with Crippen molar-refractivity contribution in [3.05, 3.63) is 47.6 Å². The van der Waals surface area contributed by atoms with Crippen LogP contribution >= 0.6 is 0 Å². The Morgan fingerprint density at radius 2 is 1.62 bits per heavy atom. The van der Waals surface area contributed by atoms with Gasteiger partial charge >= 0.3 is 6.18 Å². The number of rotatable bonds is 3. The highest BCUT2D eigenvalue weighted by molar-refractivity contribution is 5.30. The highest BCUT2D eigenvalue weighted by atomic mass is 19.4. The average Bonchev–Trinajstić information content (AvgIpc) is 2.89. The Kier molecular flexibility index (Phi) is 3.57. The Balaban J connectivity index is 2.41. The number of nitrogens with two attached hydrogens (primary N) is 1. The zero-order chi connectivity index (χ0) is 15.9. The van der Waals surface area contributed by atoms with Crippen molar-refractivity contribution in [3.63, 3.8) is 0 Å². The van der Waals surface area contributed by atoms with E-state index in [1.165, 1.54) is 0 Å². The van der Waals surface area contributed by atoms with Crippen molar-refractivity contribution in [1.29, 1.82) is 0 Å². The van der Waals surface area contributed by atoms with Crippen molar-refractivity contribution < 1.29 is 17.7 Å². The Morgan fingerprint density at radius 1 is 1.05 bits per heavy atom. The van der Waals surface area contributed by atoms with E-state index in [-0.39, 0.29) is 5.82 Å². The van der Waals surface area contributed by atoms with Crippen molar-refractivity contribution in [2.45, 2.75) is 37.9 Å². The van der Waals surface area contributed by atoms with Crippen LogP contribution in [-0.4, -0.2) is 16.3 Å². The molecule has 0 bridgehead atoms. The summed E-state index contributed by atoms with van der Waals surface area (Å²) >= 11 is 0. The smallest absolute Gasteiger partial charge is 0.337 e. The van der Waals surface area contributed by atoms with Crippen LogP contribution in [-0.2, 0) is 11.0 Å². The molecule has 2 aromatic rings. The van der Waals surface area contributed by atoms with Crippen LogP contribution in [0.25, 0.3) is 0 Å². The molecule has 0 spiro atoms. The summed E-state index contributed by atoms with van der Waals surface area (Å²) in [6.07, 6.45) is -4.67.